The zero-order valence-corrected chi connectivity index (χ0v) is 15.2. The maximum Gasteiger partial charge on any atom is 0.246 e. The van der Waals surface area contributed by atoms with Crippen molar-refractivity contribution < 1.29 is 5.11 Å². The van der Waals surface area contributed by atoms with Gasteiger partial charge in [0.1, 0.15) is 0 Å². The fraction of sp³-hybridized carbons (Fsp3) is 0.529. The number of rotatable bonds is 6. The molecule has 7 nitrogen and oxygen atoms in total. The third-order valence-corrected chi connectivity index (χ3v) is 5.24. The SMILES string of the molecule is CN(C1CCN(c2n[nH]c(N)n2)CC1)[C@H](CO)Cc1ccc(Cl)cc1. The molecule has 3 rings (SSSR count). The molecule has 1 aliphatic heterocycles. The Balaban J connectivity index is 1.56. The Hall–Kier alpha value is -1.83. The van der Waals surface area contributed by atoms with Crippen LogP contribution in [0.3, 0.4) is 0 Å². The van der Waals surface area contributed by atoms with E-state index in [1.807, 2.05) is 24.3 Å². The van der Waals surface area contributed by atoms with Crippen molar-refractivity contribution in [3.8, 4) is 0 Å². The molecule has 0 spiro atoms. The lowest BCUT2D eigenvalue weighted by Crippen LogP contribution is -2.49. The number of aliphatic hydroxyl groups is 1. The molecule has 1 aliphatic rings. The minimum absolute atomic E-state index is 0.0943. The first-order chi connectivity index (χ1) is 12.1. The lowest BCUT2D eigenvalue weighted by atomic mass is 9.99. The number of aromatic nitrogens is 3. The van der Waals surface area contributed by atoms with Gasteiger partial charge in [-0.1, -0.05) is 23.7 Å². The molecule has 8 heteroatoms. The number of halogens is 1. The van der Waals surface area contributed by atoms with Crippen LogP contribution in [0.4, 0.5) is 11.9 Å². The Morgan fingerprint density at radius 1 is 1.36 bits per heavy atom. The van der Waals surface area contributed by atoms with E-state index in [1.165, 1.54) is 5.56 Å². The molecule has 1 fully saturated rings. The molecule has 1 atom stereocenters. The minimum atomic E-state index is 0.0943. The quantitative estimate of drug-likeness (QED) is 0.719. The van der Waals surface area contributed by atoms with Crippen LogP contribution in [0.15, 0.2) is 24.3 Å². The van der Waals surface area contributed by atoms with Crippen LogP contribution in [0.25, 0.3) is 0 Å². The summed E-state index contributed by atoms with van der Waals surface area (Å²) in [5.41, 5.74) is 6.79. The van der Waals surface area contributed by atoms with Crippen LogP contribution in [0.5, 0.6) is 0 Å². The molecule has 0 saturated carbocycles. The van der Waals surface area contributed by atoms with E-state index >= 15 is 0 Å². The summed E-state index contributed by atoms with van der Waals surface area (Å²) in [4.78, 5) is 8.64. The third kappa shape index (κ3) is 4.42. The number of piperidine rings is 1. The van der Waals surface area contributed by atoms with Crippen molar-refractivity contribution in [3.63, 3.8) is 0 Å². The molecule has 1 saturated heterocycles. The van der Waals surface area contributed by atoms with Gasteiger partial charge in [-0.25, -0.2) is 5.10 Å². The molecule has 2 aromatic rings. The van der Waals surface area contributed by atoms with E-state index < -0.39 is 0 Å². The maximum atomic E-state index is 9.86. The second-order valence-electron chi connectivity index (χ2n) is 6.57. The van der Waals surface area contributed by atoms with Crippen molar-refractivity contribution >= 4 is 23.5 Å². The number of aliphatic hydroxyl groups excluding tert-OH is 1. The second-order valence-corrected chi connectivity index (χ2v) is 7.01. The minimum Gasteiger partial charge on any atom is -0.395 e. The van der Waals surface area contributed by atoms with Gasteiger partial charge in [-0.2, -0.15) is 4.98 Å². The van der Waals surface area contributed by atoms with Crippen LogP contribution in [0, 0.1) is 0 Å². The van der Waals surface area contributed by atoms with Gasteiger partial charge in [0.15, 0.2) is 0 Å². The van der Waals surface area contributed by atoms with Crippen molar-refractivity contribution in [2.75, 3.05) is 37.4 Å². The highest BCUT2D eigenvalue weighted by molar-refractivity contribution is 6.30. The van der Waals surface area contributed by atoms with Gasteiger partial charge in [-0.3, -0.25) is 4.90 Å². The third-order valence-electron chi connectivity index (χ3n) is 4.99. The summed E-state index contributed by atoms with van der Waals surface area (Å²) in [6, 6.07) is 8.36. The predicted octanol–water partition coefficient (Wildman–Crippen LogP) is 1.54. The summed E-state index contributed by atoms with van der Waals surface area (Å²) in [5.74, 6) is 1.01. The van der Waals surface area contributed by atoms with Crippen LogP contribution in [-0.2, 0) is 6.42 Å². The van der Waals surface area contributed by atoms with Crippen molar-refractivity contribution in [1.82, 2.24) is 20.1 Å². The lowest BCUT2D eigenvalue weighted by Gasteiger charge is -2.39. The first-order valence-electron chi connectivity index (χ1n) is 8.57. The molecule has 1 aromatic carbocycles. The average Bonchev–Trinajstić information content (AvgIpc) is 3.07. The van der Waals surface area contributed by atoms with Gasteiger partial charge in [0.05, 0.1) is 6.61 Å². The normalized spacial score (nSPS) is 17.2. The van der Waals surface area contributed by atoms with Crippen molar-refractivity contribution in [2.45, 2.75) is 31.3 Å². The predicted molar refractivity (Wildman–Crippen MR) is 99.8 cm³/mol. The lowest BCUT2D eigenvalue weighted by molar-refractivity contribution is 0.0957. The van der Waals surface area contributed by atoms with E-state index in [0.717, 1.165) is 37.4 Å². The van der Waals surface area contributed by atoms with Crippen LogP contribution in [0.2, 0.25) is 5.02 Å². The molecule has 136 valence electrons. The Bertz CT molecular complexity index is 668. The number of H-pyrrole nitrogens is 1. The Kier molecular flexibility index (Phi) is 5.78. The molecule has 0 amide bonds. The van der Waals surface area contributed by atoms with E-state index in [1.54, 1.807) is 0 Å². The number of nitrogens with two attached hydrogens (primary N) is 1. The van der Waals surface area contributed by atoms with E-state index in [4.69, 9.17) is 17.3 Å². The van der Waals surface area contributed by atoms with Gasteiger partial charge >= 0.3 is 0 Å². The van der Waals surface area contributed by atoms with Gasteiger partial charge in [0.25, 0.3) is 0 Å². The summed E-state index contributed by atoms with van der Waals surface area (Å²) in [5, 5.41) is 17.4. The summed E-state index contributed by atoms with van der Waals surface area (Å²) < 4.78 is 0. The number of nitrogen functional groups attached to an aromatic ring is 1. The van der Waals surface area contributed by atoms with E-state index in [2.05, 4.69) is 32.0 Å². The van der Waals surface area contributed by atoms with E-state index in [9.17, 15) is 5.11 Å². The fourth-order valence-electron chi connectivity index (χ4n) is 3.41. The smallest absolute Gasteiger partial charge is 0.246 e. The number of hydrogen-bond donors (Lipinski definition) is 3. The average molecular weight is 365 g/mol. The van der Waals surface area contributed by atoms with Gasteiger partial charge in [0, 0.05) is 30.2 Å². The second kappa shape index (κ2) is 8.03. The van der Waals surface area contributed by atoms with Crippen LogP contribution in [0.1, 0.15) is 18.4 Å². The van der Waals surface area contributed by atoms with E-state index in [-0.39, 0.29) is 12.6 Å². The number of nitrogens with zero attached hydrogens (tertiary/aromatic N) is 4. The standard InChI is InChI=1S/C17H25ClN6O/c1-23(15(11-25)10-12-2-4-13(18)5-3-12)14-6-8-24(9-7-14)17-20-16(19)21-22-17/h2-5,14-15,25H,6-11H2,1H3,(H3,19,20,21,22)/t15-/m0/s1. The van der Waals surface area contributed by atoms with Crippen molar-refractivity contribution in [3.05, 3.63) is 34.9 Å². The monoisotopic (exact) mass is 364 g/mol. The van der Waals surface area contributed by atoms with E-state index in [0.29, 0.717) is 17.9 Å². The summed E-state index contributed by atoms with van der Waals surface area (Å²) >= 11 is 5.95. The molecule has 0 aliphatic carbocycles. The Morgan fingerprint density at radius 2 is 2.04 bits per heavy atom. The molecule has 0 radical (unpaired) electrons. The molecule has 25 heavy (non-hydrogen) atoms. The molecule has 0 bridgehead atoms. The van der Waals surface area contributed by atoms with Gasteiger partial charge in [-0.15, -0.1) is 5.10 Å². The summed E-state index contributed by atoms with van der Waals surface area (Å²) in [6.45, 7) is 1.90. The molecule has 2 heterocycles. The summed E-state index contributed by atoms with van der Waals surface area (Å²) in [7, 11) is 2.10. The number of likely N-dealkylation sites (N-methyl/N-ethyl adjacent to an activating group) is 1. The Morgan fingerprint density at radius 3 is 2.60 bits per heavy atom. The van der Waals surface area contributed by atoms with Crippen LogP contribution in [-0.4, -0.2) is 64.0 Å². The number of benzene rings is 1. The topological polar surface area (TPSA) is 94.3 Å². The highest BCUT2D eigenvalue weighted by Crippen LogP contribution is 2.22. The van der Waals surface area contributed by atoms with Gasteiger partial charge < -0.3 is 15.7 Å². The number of nitrogens with one attached hydrogen (secondary N) is 1. The zero-order valence-electron chi connectivity index (χ0n) is 14.4. The molecule has 1 aromatic heterocycles. The van der Waals surface area contributed by atoms with Crippen LogP contribution < -0.4 is 10.6 Å². The maximum absolute atomic E-state index is 9.86. The van der Waals surface area contributed by atoms with Gasteiger partial charge in [-0.05, 0) is 44.0 Å². The van der Waals surface area contributed by atoms with Gasteiger partial charge in [0.2, 0.25) is 11.9 Å². The fourth-order valence-corrected chi connectivity index (χ4v) is 3.53. The van der Waals surface area contributed by atoms with Crippen molar-refractivity contribution in [1.29, 1.82) is 0 Å². The number of hydrogen-bond acceptors (Lipinski definition) is 6. The van der Waals surface area contributed by atoms with Crippen LogP contribution >= 0.6 is 11.6 Å². The Labute approximate surface area is 152 Å². The molecular formula is C17H25ClN6O. The number of anilines is 2. The molecule has 4 N–H and O–H groups in total. The summed E-state index contributed by atoms with van der Waals surface area (Å²) in [6.07, 6.45) is 2.81. The number of aromatic amines is 1. The highest BCUT2D eigenvalue weighted by Gasteiger charge is 2.28. The zero-order chi connectivity index (χ0) is 17.8. The molecule has 0 unspecified atom stereocenters. The molecular weight excluding hydrogens is 340 g/mol. The first kappa shape index (κ1) is 18.0. The van der Waals surface area contributed by atoms with Crippen molar-refractivity contribution in [2.24, 2.45) is 0 Å². The largest absolute Gasteiger partial charge is 0.395 e. The first-order valence-corrected chi connectivity index (χ1v) is 8.94. The highest BCUT2D eigenvalue weighted by atomic mass is 35.5.